The van der Waals surface area contributed by atoms with Gasteiger partial charge in [-0.2, -0.15) is 0 Å². The first kappa shape index (κ1) is 14.9. The third-order valence-electron chi connectivity index (χ3n) is 3.81. The van der Waals surface area contributed by atoms with Crippen LogP contribution in [0.25, 0.3) is 0 Å². The van der Waals surface area contributed by atoms with Gasteiger partial charge in [-0.3, -0.25) is 0 Å². The standard InChI is InChI=1S/C12H26N2O2S/c1-10(12(2,3)4)14(5)17(15,16)9-11-7-6-8-13-11/h10-11,13H,6-9H2,1-5H3. The molecule has 1 saturated heterocycles. The number of nitrogens with one attached hydrogen (secondary N) is 1. The molecule has 0 amide bonds. The zero-order valence-corrected chi connectivity index (χ0v) is 12.5. The Morgan fingerprint density at radius 1 is 1.41 bits per heavy atom. The summed E-state index contributed by atoms with van der Waals surface area (Å²) in [6.07, 6.45) is 2.05. The molecule has 102 valence electrons. The molecule has 5 heteroatoms. The van der Waals surface area contributed by atoms with Crippen LogP contribution in [-0.4, -0.2) is 44.2 Å². The van der Waals surface area contributed by atoms with E-state index < -0.39 is 10.0 Å². The van der Waals surface area contributed by atoms with Crippen molar-refractivity contribution in [2.24, 2.45) is 5.41 Å². The predicted molar refractivity (Wildman–Crippen MR) is 71.5 cm³/mol. The Labute approximate surface area is 106 Å². The molecule has 4 nitrogen and oxygen atoms in total. The SMILES string of the molecule is CC(N(C)S(=O)(=O)CC1CCCN1)C(C)(C)C. The van der Waals surface area contributed by atoms with E-state index in [-0.39, 0.29) is 23.3 Å². The third-order valence-corrected chi connectivity index (χ3v) is 5.83. The monoisotopic (exact) mass is 262 g/mol. The number of hydrogen-bond donors (Lipinski definition) is 1. The maximum absolute atomic E-state index is 12.3. The highest BCUT2D eigenvalue weighted by molar-refractivity contribution is 7.89. The average Bonchev–Trinajstić information content (AvgIpc) is 2.65. The first-order valence-electron chi connectivity index (χ1n) is 6.33. The second kappa shape index (κ2) is 5.24. The number of nitrogens with zero attached hydrogens (tertiary/aromatic N) is 1. The summed E-state index contributed by atoms with van der Waals surface area (Å²) in [4.78, 5) is 0. The van der Waals surface area contributed by atoms with Gasteiger partial charge in [0, 0.05) is 19.1 Å². The highest BCUT2D eigenvalue weighted by Gasteiger charge is 2.33. The van der Waals surface area contributed by atoms with Gasteiger partial charge in [-0.05, 0) is 31.7 Å². The first-order chi connectivity index (χ1) is 7.64. The lowest BCUT2D eigenvalue weighted by Gasteiger charge is -2.35. The molecular formula is C12H26N2O2S. The van der Waals surface area contributed by atoms with Crippen LogP contribution in [0.1, 0.15) is 40.5 Å². The molecule has 2 atom stereocenters. The highest BCUT2D eigenvalue weighted by Crippen LogP contribution is 2.25. The summed E-state index contributed by atoms with van der Waals surface area (Å²) in [7, 11) is -1.46. The van der Waals surface area contributed by atoms with Gasteiger partial charge in [-0.25, -0.2) is 12.7 Å². The smallest absolute Gasteiger partial charge is 0.215 e. The second-order valence-electron chi connectivity index (χ2n) is 6.13. The van der Waals surface area contributed by atoms with Gasteiger partial charge in [-0.15, -0.1) is 0 Å². The Balaban J connectivity index is 2.69. The van der Waals surface area contributed by atoms with Crippen molar-refractivity contribution >= 4 is 10.0 Å². The Morgan fingerprint density at radius 3 is 2.41 bits per heavy atom. The molecule has 1 aliphatic heterocycles. The van der Waals surface area contributed by atoms with E-state index >= 15 is 0 Å². The minimum Gasteiger partial charge on any atom is -0.313 e. The molecule has 1 rings (SSSR count). The number of sulfonamides is 1. The van der Waals surface area contributed by atoms with Crippen LogP contribution in [-0.2, 0) is 10.0 Å². The van der Waals surface area contributed by atoms with E-state index in [4.69, 9.17) is 0 Å². The summed E-state index contributed by atoms with van der Waals surface area (Å²) in [5, 5.41) is 3.24. The fourth-order valence-corrected chi connectivity index (χ4v) is 3.88. The summed E-state index contributed by atoms with van der Waals surface area (Å²) < 4.78 is 26.1. The van der Waals surface area contributed by atoms with Crippen molar-refractivity contribution in [3.8, 4) is 0 Å². The summed E-state index contributed by atoms with van der Waals surface area (Å²) in [5.41, 5.74) is -0.0368. The van der Waals surface area contributed by atoms with Crippen molar-refractivity contribution in [1.29, 1.82) is 0 Å². The van der Waals surface area contributed by atoms with Gasteiger partial charge in [0.25, 0.3) is 0 Å². The molecule has 1 aliphatic rings. The van der Waals surface area contributed by atoms with E-state index in [0.29, 0.717) is 0 Å². The third kappa shape index (κ3) is 3.93. The maximum atomic E-state index is 12.3. The molecule has 0 aromatic rings. The van der Waals surface area contributed by atoms with Crippen LogP contribution in [0.2, 0.25) is 0 Å². The van der Waals surface area contributed by atoms with Gasteiger partial charge in [0.15, 0.2) is 0 Å². The van der Waals surface area contributed by atoms with Crippen LogP contribution in [0.5, 0.6) is 0 Å². The summed E-state index contributed by atoms with van der Waals surface area (Å²) in [6.45, 7) is 9.12. The lowest BCUT2D eigenvalue weighted by atomic mass is 9.88. The van der Waals surface area contributed by atoms with E-state index in [9.17, 15) is 8.42 Å². The maximum Gasteiger partial charge on any atom is 0.215 e. The van der Waals surface area contributed by atoms with Gasteiger partial charge in [0.2, 0.25) is 10.0 Å². The van der Waals surface area contributed by atoms with Crippen molar-refractivity contribution in [2.45, 2.75) is 52.6 Å². The van der Waals surface area contributed by atoms with E-state index in [2.05, 4.69) is 26.1 Å². The highest BCUT2D eigenvalue weighted by atomic mass is 32.2. The Hall–Kier alpha value is -0.130. The molecule has 1 heterocycles. The van der Waals surface area contributed by atoms with Crippen LogP contribution in [0.4, 0.5) is 0 Å². The Bertz CT molecular complexity index is 340. The number of rotatable bonds is 4. The minimum absolute atomic E-state index is 0.00824. The fraction of sp³-hybridized carbons (Fsp3) is 1.00. The van der Waals surface area contributed by atoms with Gasteiger partial charge in [0.05, 0.1) is 5.75 Å². The quantitative estimate of drug-likeness (QED) is 0.834. The molecule has 0 aromatic heterocycles. The zero-order valence-electron chi connectivity index (χ0n) is 11.7. The second-order valence-corrected chi connectivity index (χ2v) is 8.20. The molecule has 17 heavy (non-hydrogen) atoms. The summed E-state index contributed by atoms with van der Waals surface area (Å²) in [6, 6.07) is 0.142. The normalized spacial score (nSPS) is 24.2. The van der Waals surface area contributed by atoms with Crippen molar-refractivity contribution in [3.63, 3.8) is 0 Å². The largest absolute Gasteiger partial charge is 0.313 e. The van der Waals surface area contributed by atoms with Crippen LogP contribution in [0.15, 0.2) is 0 Å². The molecule has 0 bridgehead atoms. The van der Waals surface area contributed by atoms with Gasteiger partial charge in [-0.1, -0.05) is 20.8 Å². The van der Waals surface area contributed by atoms with Gasteiger partial charge < -0.3 is 5.32 Å². The van der Waals surface area contributed by atoms with E-state index in [1.54, 1.807) is 7.05 Å². The van der Waals surface area contributed by atoms with Crippen molar-refractivity contribution in [1.82, 2.24) is 9.62 Å². The van der Waals surface area contributed by atoms with Crippen LogP contribution >= 0.6 is 0 Å². The van der Waals surface area contributed by atoms with Crippen LogP contribution in [0.3, 0.4) is 0 Å². The van der Waals surface area contributed by atoms with E-state index in [1.165, 1.54) is 4.31 Å². The van der Waals surface area contributed by atoms with E-state index in [0.717, 1.165) is 19.4 Å². The van der Waals surface area contributed by atoms with Crippen LogP contribution in [0, 0.1) is 5.41 Å². The van der Waals surface area contributed by atoms with Gasteiger partial charge in [0.1, 0.15) is 0 Å². The van der Waals surface area contributed by atoms with Crippen LogP contribution < -0.4 is 5.32 Å². The summed E-state index contributed by atoms with van der Waals surface area (Å²) >= 11 is 0. The molecule has 0 spiro atoms. The first-order valence-corrected chi connectivity index (χ1v) is 7.94. The Kier molecular flexibility index (Phi) is 4.60. The molecule has 1 N–H and O–H groups in total. The topological polar surface area (TPSA) is 49.4 Å². The van der Waals surface area contributed by atoms with Crippen molar-refractivity contribution < 1.29 is 8.42 Å². The zero-order chi connectivity index (χ0) is 13.3. The molecule has 2 unspecified atom stereocenters. The minimum atomic E-state index is -3.16. The lowest BCUT2D eigenvalue weighted by Crippen LogP contribution is -2.46. The molecule has 0 radical (unpaired) electrons. The number of hydrogen-bond acceptors (Lipinski definition) is 3. The molecule has 0 aliphatic carbocycles. The molecule has 1 fully saturated rings. The van der Waals surface area contributed by atoms with Crippen molar-refractivity contribution in [2.75, 3.05) is 19.3 Å². The Morgan fingerprint density at radius 2 is 2.00 bits per heavy atom. The summed E-state index contributed by atoms with van der Waals surface area (Å²) in [5.74, 6) is 0.226. The fourth-order valence-electron chi connectivity index (χ4n) is 2.06. The van der Waals surface area contributed by atoms with Crippen molar-refractivity contribution in [3.05, 3.63) is 0 Å². The molecule has 0 aromatic carbocycles. The van der Waals surface area contributed by atoms with Gasteiger partial charge >= 0.3 is 0 Å². The lowest BCUT2D eigenvalue weighted by molar-refractivity contribution is 0.216. The predicted octanol–water partition coefficient (Wildman–Crippen LogP) is 1.43. The molecular weight excluding hydrogens is 236 g/mol. The van der Waals surface area contributed by atoms with E-state index in [1.807, 2.05) is 6.92 Å². The average molecular weight is 262 g/mol. The molecule has 0 saturated carbocycles.